The second-order valence-corrected chi connectivity index (χ2v) is 3.97. The Morgan fingerprint density at radius 2 is 1.87 bits per heavy atom. The molecule has 2 rings (SSSR count). The largest absolute Gasteiger partial charge is 0.285 e. The van der Waals surface area contributed by atoms with E-state index in [0.29, 0.717) is 5.92 Å². The number of benzene rings is 1. The van der Waals surface area contributed by atoms with E-state index in [9.17, 15) is 0 Å². The zero-order valence-corrected chi connectivity index (χ0v) is 10.5. The maximum Gasteiger partial charge on any atom is 0.0649 e. The van der Waals surface area contributed by atoms with Crippen LogP contribution in [0.25, 0.3) is 0 Å². The Labute approximate surface area is 93.2 Å². The van der Waals surface area contributed by atoms with Crippen LogP contribution in [0.15, 0.2) is 23.2 Å². The zero-order chi connectivity index (χ0) is 11.4. The van der Waals surface area contributed by atoms with E-state index in [-0.39, 0.29) is 0 Å². The van der Waals surface area contributed by atoms with Gasteiger partial charge in [-0.3, -0.25) is 4.99 Å². The van der Waals surface area contributed by atoms with Gasteiger partial charge in [0.15, 0.2) is 0 Å². The molecule has 0 bridgehead atoms. The monoisotopic (exact) mass is 203 g/mol. The molecular formula is C14H21N. The van der Waals surface area contributed by atoms with Crippen molar-refractivity contribution >= 4 is 5.71 Å². The molecular weight excluding hydrogens is 182 g/mol. The SMILES string of the molecule is CC.CC1=NCc2ccc(C(C)C)cc21. The summed E-state index contributed by atoms with van der Waals surface area (Å²) in [5.74, 6) is 0.610. The molecule has 0 unspecified atom stereocenters. The summed E-state index contributed by atoms with van der Waals surface area (Å²) >= 11 is 0. The molecule has 0 amide bonds. The highest BCUT2D eigenvalue weighted by Crippen LogP contribution is 2.23. The van der Waals surface area contributed by atoms with Crippen LogP contribution in [0, 0.1) is 0 Å². The molecule has 0 aromatic heterocycles. The molecule has 0 saturated carbocycles. The van der Waals surface area contributed by atoms with E-state index >= 15 is 0 Å². The van der Waals surface area contributed by atoms with Crippen LogP contribution in [0.5, 0.6) is 0 Å². The van der Waals surface area contributed by atoms with Gasteiger partial charge in [0.25, 0.3) is 0 Å². The molecule has 1 aliphatic heterocycles. The van der Waals surface area contributed by atoms with Crippen molar-refractivity contribution in [2.24, 2.45) is 4.99 Å². The van der Waals surface area contributed by atoms with Gasteiger partial charge in [-0.15, -0.1) is 0 Å². The standard InChI is InChI=1S/C12H15N.C2H6/c1-8(2)10-4-5-11-7-13-9(3)12(11)6-10;1-2/h4-6,8H,7H2,1-3H3;1-2H3. The third-order valence-corrected chi connectivity index (χ3v) is 2.68. The van der Waals surface area contributed by atoms with Gasteiger partial charge in [0.05, 0.1) is 6.54 Å². The Morgan fingerprint density at radius 1 is 1.20 bits per heavy atom. The summed E-state index contributed by atoms with van der Waals surface area (Å²) in [6, 6.07) is 6.72. The van der Waals surface area contributed by atoms with Crippen molar-refractivity contribution in [3.63, 3.8) is 0 Å². The summed E-state index contributed by atoms with van der Waals surface area (Å²) in [5.41, 5.74) is 5.33. The lowest BCUT2D eigenvalue weighted by Crippen LogP contribution is -1.95. The molecule has 0 saturated heterocycles. The first-order valence-electron chi connectivity index (χ1n) is 5.82. The van der Waals surface area contributed by atoms with Crippen molar-refractivity contribution in [3.05, 3.63) is 34.9 Å². The van der Waals surface area contributed by atoms with Crippen LogP contribution < -0.4 is 0 Å². The summed E-state index contributed by atoms with van der Waals surface area (Å²) < 4.78 is 0. The van der Waals surface area contributed by atoms with Crippen LogP contribution in [0.4, 0.5) is 0 Å². The highest BCUT2D eigenvalue weighted by Gasteiger charge is 2.12. The normalized spacial score (nSPS) is 13.1. The average molecular weight is 203 g/mol. The minimum absolute atomic E-state index is 0.610. The first-order valence-corrected chi connectivity index (χ1v) is 5.82. The van der Waals surface area contributed by atoms with E-state index in [4.69, 9.17) is 0 Å². The molecule has 1 aromatic carbocycles. The lowest BCUT2D eigenvalue weighted by molar-refractivity contribution is 0.865. The van der Waals surface area contributed by atoms with E-state index in [0.717, 1.165) is 6.54 Å². The van der Waals surface area contributed by atoms with E-state index in [1.54, 1.807) is 0 Å². The molecule has 1 nitrogen and oxygen atoms in total. The van der Waals surface area contributed by atoms with Gasteiger partial charge in [0.1, 0.15) is 0 Å². The predicted octanol–water partition coefficient (Wildman–Crippen LogP) is 4.16. The number of rotatable bonds is 1. The second-order valence-electron chi connectivity index (χ2n) is 3.97. The third-order valence-electron chi connectivity index (χ3n) is 2.68. The second kappa shape index (κ2) is 5.11. The summed E-state index contributed by atoms with van der Waals surface area (Å²) in [6.45, 7) is 11.4. The van der Waals surface area contributed by atoms with Crippen LogP contribution in [0.1, 0.15) is 57.2 Å². The minimum atomic E-state index is 0.610. The molecule has 0 fully saturated rings. The molecule has 0 aliphatic carbocycles. The van der Waals surface area contributed by atoms with Crippen molar-refractivity contribution in [1.82, 2.24) is 0 Å². The van der Waals surface area contributed by atoms with Gasteiger partial charge in [-0.25, -0.2) is 0 Å². The van der Waals surface area contributed by atoms with Crippen molar-refractivity contribution in [1.29, 1.82) is 0 Å². The summed E-state index contributed by atoms with van der Waals surface area (Å²) in [5, 5.41) is 0. The van der Waals surface area contributed by atoms with Gasteiger partial charge in [0, 0.05) is 11.3 Å². The Bertz CT molecular complexity index is 362. The highest BCUT2D eigenvalue weighted by molar-refractivity contribution is 6.02. The van der Waals surface area contributed by atoms with Gasteiger partial charge in [0.2, 0.25) is 0 Å². The fourth-order valence-corrected chi connectivity index (χ4v) is 1.72. The molecule has 1 aliphatic rings. The Morgan fingerprint density at radius 3 is 2.47 bits per heavy atom. The van der Waals surface area contributed by atoms with Crippen molar-refractivity contribution < 1.29 is 0 Å². The lowest BCUT2D eigenvalue weighted by Gasteiger charge is -2.07. The summed E-state index contributed by atoms with van der Waals surface area (Å²) in [7, 11) is 0. The maximum absolute atomic E-state index is 4.42. The van der Waals surface area contributed by atoms with Crippen LogP contribution in [0.2, 0.25) is 0 Å². The van der Waals surface area contributed by atoms with Crippen LogP contribution in [-0.2, 0) is 6.54 Å². The van der Waals surface area contributed by atoms with Gasteiger partial charge in [-0.2, -0.15) is 0 Å². The first kappa shape index (κ1) is 12.0. The Kier molecular flexibility index (Phi) is 4.07. The predicted molar refractivity (Wildman–Crippen MR) is 67.8 cm³/mol. The highest BCUT2D eigenvalue weighted by atomic mass is 14.8. The molecule has 1 aromatic rings. The van der Waals surface area contributed by atoms with Gasteiger partial charge >= 0.3 is 0 Å². The number of hydrogen-bond acceptors (Lipinski definition) is 1. The topological polar surface area (TPSA) is 12.4 Å². The number of aliphatic imine (C=N–C) groups is 1. The molecule has 1 heteroatoms. The summed E-state index contributed by atoms with van der Waals surface area (Å²) in [4.78, 5) is 4.42. The van der Waals surface area contributed by atoms with Gasteiger partial charge in [-0.1, -0.05) is 39.8 Å². The number of hydrogen-bond donors (Lipinski definition) is 0. The van der Waals surface area contributed by atoms with E-state index in [1.165, 1.54) is 22.4 Å². The third kappa shape index (κ3) is 2.47. The molecule has 0 N–H and O–H groups in total. The van der Waals surface area contributed by atoms with Crippen LogP contribution in [-0.4, -0.2) is 5.71 Å². The van der Waals surface area contributed by atoms with Crippen LogP contribution >= 0.6 is 0 Å². The molecule has 0 spiro atoms. The Balaban J connectivity index is 0.000000531. The minimum Gasteiger partial charge on any atom is -0.285 e. The van der Waals surface area contributed by atoms with Crippen molar-refractivity contribution in [2.45, 2.75) is 47.1 Å². The summed E-state index contributed by atoms with van der Waals surface area (Å²) in [6.07, 6.45) is 0. The van der Waals surface area contributed by atoms with Gasteiger partial charge in [-0.05, 0) is 30.0 Å². The molecule has 15 heavy (non-hydrogen) atoms. The quantitative estimate of drug-likeness (QED) is 0.650. The number of nitrogens with zero attached hydrogens (tertiary/aromatic N) is 1. The van der Waals surface area contributed by atoms with Gasteiger partial charge < -0.3 is 0 Å². The van der Waals surface area contributed by atoms with Crippen molar-refractivity contribution in [2.75, 3.05) is 0 Å². The van der Waals surface area contributed by atoms with E-state index in [1.807, 2.05) is 13.8 Å². The number of fused-ring (bicyclic) bond motifs is 1. The Hall–Kier alpha value is -1.11. The smallest absolute Gasteiger partial charge is 0.0649 e. The van der Waals surface area contributed by atoms with Crippen molar-refractivity contribution in [3.8, 4) is 0 Å². The first-order chi connectivity index (χ1) is 7.18. The molecule has 0 atom stereocenters. The van der Waals surface area contributed by atoms with E-state index in [2.05, 4.69) is 44.0 Å². The fourth-order valence-electron chi connectivity index (χ4n) is 1.72. The maximum atomic E-state index is 4.42. The average Bonchev–Trinajstić information content (AvgIpc) is 2.63. The van der Waals surface area contributed by atoms with Crippen LogP contribution in [0.3, 0.4) is 0 Å². The molecule has 0 radical (unpaired) electrons. The fraction of sp³-hybridized carbons (Fsp3) is 0.500. The zero-order valence-electron chi connectivity index (χ0n) is 10.5. The lowest BCUT2D eigenvalue weighted by atomic mass is 9.97. The molecule has 1 heterocycles. The molecule has 82 valence electrons. The van der Waals surface area contributed by atoms with E-state index < -0.39 is 0 Å².